The Labute approximate surface area is 105 Å². The van der Waals surface area contributed by atoms with Gasteiger partial charge in [0.05, 0.1) is 4.47 Å². The fourth-order valence-electron chi connectivity index (χ4n) is 1.63. The molecule has 0 heterocycles. The summed E-state index contributed by atoms with van der Waals surface area (Å²) in [6.07, 6.45) is 1.88. The van der Waals surface area contributed by atoms with Gasteiger partial charge in [-0.3, -0.25) is 11.3 Å². The summed E-state index contributed by atoms with van der Waals surface area (Å²) in [6.45, 7) is 4.29. The van der Waals surface area contributed by atoms with Crippen LogP contribution in [0.5, 0.6) is 0 Å². The van der Waals surface area contributed by atoms with E-state index in [2.05, 4.69) is 35.2 Å². The SMILES string of the molecule is CCC(C)C(Cc1ccc(F)c(Br)c1)NN. The van der Waals surface area contributed by atoms with Crippen LogP contribution in [0.25, 0.3) is 0 Å². The maximum absolute atomic E-state index is 13.1. The summed E-state index contributed by atoms with van der Waals surface area (Å²) in [5, 5.41) is 0. The molecule has 0 aliphatic carbocycles. The lowest BCUT2D eigenvalue weighted by molar-refractivity contribution is 0.370. The molecule has 0 radical (unpaired) electrons. The zero-order valence-corrected chi connectivity index (χ0v) is 11.2. The second-order valence-electron chi connectivity index (χ2n) is 4.11. The topological polar surface area (TPSA) is 38.0 Å². The van der Waals surface area contributed by atoms with Gasteiger partial charge in [0.25, 0.3) is 0 Å². The molecule has 0 bridgehead atoms. The van der Waals surface area contributed by atoms with Crippen molar-refractivity contribution in [3.8, 4) is 0 Å². The van der Waals surface area contributed by atoms with Crippen molar-refractivity contribution >= 4 is 15.9 Å². The van der Waals surface area contributed by atoms with E-state index >= 15 is 0 Å². The van der Waals surface area contributed by atoms with Crippen LogP contribution in [0.4, 0.5) is 4.39 Å². The Morgan fingerprint density at radius 2 is 2.19 bits per heavy atom. The van der Waals surface area contributed by atoms with Crippen LogP contribution >= 0.6 is 15.9 Å². The number of hydrogen-bond acceptors (Lipinski definition) is 2. The first kappa shape index (κ1) is 13.6. The van der Waals surface area contributed by atoms with Crippen molar-refractivity contribution in [2.45, 2.75) is 32.7 Å². The molecule has 0 saturated carbocycles. The standard InChI is InChI=1S/C12H18BrFN2/c1-3-8(2)12(16-15)7-9-4-5-11(14)10(13)6-9/h4-6,8,12,16H,3,7,15H2,1-2H3. The lowest BCUT2D eigenvalue weighted by Crippen LogP contribution is -2.41. The van der Waals surface area contributed by atoms with E-state index in [1.54, 1.807) is 6.07 Å². The molecule has 4 heteroatoms. The van der Waals surface area contributed by atoms with E-state index in [0.29, 0.717) is 10.4 Å². The molecule has 1 rings (SSSR count). The summed E-state index contributed by atoms with van der Waals surface area (Å²) < 4.78 is 13.6. The van der Waals surface area contributed by atoms with E-state index in [9.17, 15) is 4.39 Å². The minimum atomic E-state index is -0.232. The van der Waals surface area contributed by atoms with Gasteiger partial charge in [-0.25, -0.2) is 4.39 Å². The molecular weight excluding hydrogens is 271 g/mol. The predicted molar refractivity (Wildman–Crippen MR) is 68.4 cm³/mol. The number of rotatable bonds is 5. The van der Waals surface area contributed by atoms with Gasteiger partial charge < -0.3 is 0 Å². The number of hydrogen-bond donors (Lipinski definition) is 2. The molecule has 2 unspecified atom stereocenters. The van der Waals surface area contributed by atoms with Crippen LogP contribution in [0.1, 0.15) is 25.8 Å². The molecule has 90 valence electrons. The quantitative estimate of drug-likeness (QED) is 0.646. The van der Waals surface area contributed by atoms with Crippen LogP contribution in [0, 0.1) is 11.7 Å². The number of benzene rings is 1. The second kappa shape index (κ2) is 6.33. The van der Waals surface area contributed by atoms with E-state index < -0.39 is 0 Å². The third-order valence-corrected chi connectivity index (χ3v) is 3.59. The zero-order chi connectivity index (χ0) is 12.1. The molecule has 0 aromatic heterocycles. The van der Waals surface area contributed by atoms with E-state index in [1.807, 2.05) is 6.07 Å². The fraction of sp³-hybridized carbons (Fsp3) is 0.500. The summed E-state index contributed by atoms with van der Waals surface area (Å²) in [5.74, 6) is 5.79. The van der Waals surface area contributed by atoms with Crippen molar-refractivity contribution in [3.05, 3.63) is 34.1 Å². The minimum Gasteiger partial charge on any atom is -0.271 e. The van der Waals surface area contributed by atoms with Gasteiger partial charge in [-0.15, -0.1) is 0 Å². The third kappa shape index (κ3) is 3.54. The first-order valence-corrected chi connectivity index (χ1v) is 6.27. The third-order valence-electron chi connectivity index (χ3n) is 2.98. The Hall–Kier alpha value is -0.450. The largest absolute Gasteiger partial charge is 0.271 e. The summed E-state index contributed by atoms with van der Waals surface area (Å²) in [7, 11) is 0. The second-order valence-corrected chi connectivity index (χ2v) is 4.97. The zero-order valence-electron chi connectivity index (χ0n) is 9.63. The number of halogens is 2. The molecule has 0 fully saturated rings. The summed E-state index contributed by atoms with van der Waals surface area (Å²) >= 11 is 3.19. The van der Waals surface area contributed by atoms with Crippen LogP contribution in [-0.2, 0) is 6.42 Å². The van der Waals surface area contributed by atoms with Gasteiger partial charge in [-0.2, -0.15) is 0 Å². The molecule has 3 N–H and O–H groups in total. The maximum Gasteiger partial charge on any atom is 0.137 e. The fourth-order valence-corrected chi connectivity index (χ4v) is 2.06. The monoisotopic (exact) mass is 288 g/mol. The Morgan fingerprint density at radius 1 is 1.50 bits per heavy atom. The lowest BCUT2D eigenvalue weighted by Gasteiger charge is -2.22. The van der Waals surface area contributed by atoms with Gasteiger partial charge in [-0.05, 0) is 46.0 Å². The summed E-state index contributed by atoms with van der Waals surface area (Å²) in [6, 6.07) is 5.31. The molecule has 0 aliphatic heterocycles. The number of nitrogens with two attached hydrogens (primary N) is 1. The molecule has 2 nitrogen and oxygen atoms in total. The Balaban J connectivity index is 2.74. The molecule has 1 aromatic carbocycles. The molecule has 16 heavy (non-hydrogen) atoms. The molecule has 0 aliphatic rings. The first-order valence-electron chi connectivity index (χ1n) is 5.48. The average Bonchev–Trinajstić information content (AvgIpc) is 2.29. The Bertz CT molecular complexity index is 344. The van der Waals surface area contributed by atoms with Crippen molar-refractivity contribution < 1.29 is 4.39 Å². The highest BCUT2D eigenvalue weighted by molar-refractivity contribution is 9.10. The highest BCUT2D eigenvalue weighted by Gasteiger charge is 2.15. The summed E-state index contributed by atoms with van der Waals surface area (Å²) in [5.41, 5.74) is 3.91. The van der Waals surface area contributed by atoms with Crippen LogP contribution in [-0.4, -0.2) is 6.04 Å². The van der Waals surface area contributed by atoms with E-state index in [-0.39, 0.29) is 11.9 Å². The molecular formula is C12H18BrFN2. The van der Waals surface area contributed by atoms with E-state index in [0.717, 1.165) is 18.4 Å². The highest BCUT2D eigenvalue weighted by atomic mass is 79.9. The van der Waals surface area contributed by atoms with Crippen LogP contribution < -0.4 is 11.3 Å². The van der Waals surface area contributed by atoms with Crippen molar-refractivity contribution in [1.82, 2.24) is 5.43 Å². The lowest BCUT2D eigenvalue weighted by atomic mass is 9.93. The molecule has 1 aromatic rings. The molecule has 0 amide bonds. The molecule has 0 spiro atoms. The van der Waals surface area contributed by atoms with Gasteiger partial charge >= 0.3 is 0 Å². The molecule has 2 atom stereocenters. The van der Waals surface area contributed by atoms with Gasteiger partial charge in [0, 0.05) is 6.04 Å². The normalized spacial score (nSPS) is 14.8. The number of nitrogens with one attached hydrogen (secondary N) is 1. The van der Waals surface area contributed by atoms with Crippen molar-refractivity contribution in [2.75, 3.05) is 0 Å². The van der Waals surface area contributed by atoms with Crippen LogP contribution in [0.3, 0.4) is 0 Å². The van der Waals surface area contributed by atoms with E-state index in [1.165, 1.54) is 6.07 Å². The minimum absolute atomic E-state index is 0.224. The van der Waals surface area contributed by atoms with Crippen molar-refractivity contribution in [2.24, 2.45) is 11.8 Å². The Kier molecular flexibility index (Phi) is 5.38. The highest BCUT2D eigenvalue weighted by Crippen LogP contribution is 2.19. The van der Waals surface area contributed by atoms with E-state index in [4.69, 9.17) is 5.84 Å². The summed E-state index contributed by atoms with van der Waals surface area (Å²) in [4.78, 5) is 0. The van der Waals surface area contributed by atoms with Crippen molar-refractivity contribution in [1.29, 1.82) is 0 Å². The van der Waals surface area contributed by atoms with Crippen molar-refractivity contribution in [3.63, 3.8) is 0 Å². The predicted octanol–water partition coefficient (Wildman–Crippen LogP) is 3.01. The van der Waals surface area contributed by atoms with Crippen LogP contribution in [0.2, 0.25) is 0 Å². The van der Waals surface area contributed by atoms with Gasteiger partial charge in [0.1, 0.15) is 5.82 Å². The van der Waals surface area contributed by atoms with Crippen LogP contribution in [0.15, 0.2) is 22.7 Å². The smallest absolute Gasteiger partial charge is 0.137 e. The first-order chi connectivity index (χ1) is 7.58. The number of hydrazine groups is 1. The van der Waals surface area contributed by atoms with Gasteiger partial charge in [0.2, 0.25) is 0 Å². The average molecular weight is 289 g/mol. The maximum atomic E-state index is 13.1. The molecule has 0 saturated heterocycles. The Morgan fingerprint density at radius 3 is 2.69 bits per heavy atom. The van der Waals surface area contributed by atoms with Gasteiger partial charge in [0.15, 0.2) is 0 Å². The van der Waals surface area contributed by atoms with Gasteiger partial charge in [-0.1, -0.05) is 26.3 Å².